The molecule has 0 saturated heterocycles. The normalized spacial score (nSPS) is 16.5. The van der Waals surface area contributed by atoms with Crippen molar-refractivity contribution in [1.29, 1.82) is 0 Å². The first kappa shape index (κ1) is 11.7. The Labute approximate surface area is 97.1 Å². The highest BCUT2D eigenvalue weighted by Crippen LogP contribution is 2.52. The van der Waals surface area contributed by atoms with Crippen molar-refractivity contribution in [3.63, 3.8) is 0 Å². The first-order valence-electron chi connectivity index (χ1n) is 5.23. The molecule has 0 amide bonds. The zero-order valence-electron chi connectivity index (χ0n) is 9.24. The molecule has 90 valence electrons. The Morgan fingerprint density at radius 3 is 2.71 bits per heavy atom. The molecule has 1 aromatic carbocycles. The summed E-state index contributed by atoms with van der Waals surface area (Å²) in [5.74, 6) is 0.124. The smallest absolute Gasteiger partial charge is 0.387 e. The Morgan fingerprint density at radius 2 is 2.18 bits per heavy atom. The number of benzene rings is 1. The number of hydrogen-bond acceptors (Lipinski definition) is 3. The second-order valence-electron chi connectivity index (χ2n) is 4.06. The van der Waals surface area contributed by atoms with Crippen LogP contribution in [-0.2, 0) is 10.3 Å². The van der Waals surface area contributed by atoms with Crippen molar-refractivity contribution in [2.75, 3.05) is 0 Å². The van der Waals surface area contributed by atoms with E-state index >= 15 is 0 Å². The maximum atomic E-state index is 12.3. The van der Waals surface area contributed by atoms with E-state index < -0.39 is 12.2 Å². The summed E-state index contributed by atoms with van der Waals surface area (Å²) in [7, 11) is 0. The molecule has 17 heavy (non-hydrogen) atoms. The number of carbonyl (C=O) groups excluding carboxylic acids is 1. The van der Waals surface area contributed by atoms with Crippen LogP contribution in [0.25, 0.3) is 0 Å². The van der Waals surface area contributed by atoms with E-state index in [0.29, 0.717) is 24.0 Å². The molecule has 1 fully saturated rings. The van der Waals surface area contributed by atoms with Crippen molar-refractivity contribution < 1.29 is 18.3 Å². The van der Waals surface area contributed by atoms with Gasteiger partial charge in [0.05, 0.1) is 0 Å². The Kier molecular flexibility index (Phi) is 2.94. The fourth-order valence-corrected chi connectivity index (χ4v) is 1.91. The first-order valence-corrected chi connectivity index (χ1v) is 5.23. The molecule has 0 unspecified atom stereocenters. The number of alkyl halides is 2. The van der Waals surface area contributed by atoms with Gasteiger partial charge in [-0.05, 0) is 25.3 Å². The van der Waals surface area contributed by atoms with E-state index in [1.54, 1.807) is 25.1 Å². The van der Waals surface area contributed by atoms with Gasteiger partial charge < -0.3 is 4.74 Å². The zero-order valence-corrected chi connectivity index (χ0v) is 9.24. The van der Waals surface area contributed by atoms with Crippen molar-refractivity contribution in [2.24, 2.45) is 4.99 Å². The summed E-state index contributed by atoms with van der Waals surface area (Å²) in [5.41, 5.74) is 0.453. The number of hydrogen-bond donors (Lipinski definition) is 0. The number of halogens is 2. The van der Waals surface area contributed by atoms with Crippen LogP contribution in [0.1, 0.15) is 24.0 Å². The van der Waals surface area contributed by atoms with Gasteiger partial charge in [-0.25, -0.2) is 4.79 Å². The van der Waals surface area contributed by atoms with Gasteiger partial charge in [-0.1, -0.05) is 18.2 Å². The third kappa shape index (κ3) is 2.19. The molecule has 1 aliphatic carbocycles. The van der Waals surface area contributed by atoms with Gasteiger partial charge in [0.25, 0.3) is 0 Å². The lowest BCUT2D eigenvalue weighted by Crippen LogP contribution is -2.11. The quantitative estimate of drug-likeness (QED) is 0.598. The van der Waals surface area contributed by atoms with E-state index in [2.05, 4.69) is 9.73 Å². The van der Waals surface area contributed by atoms with Gasteiger partial charge >= 0.3 is 6.61 Å². The van der Waals surface area contributed by atoms with E-state index in [4.69, 9.17) is 0 Å². The van der Waals surface area contributed by atoms with Crippen LogP contribution in [0.15, 0.2) is 23.2 Å². The SMILES string of the molecule is Cc1cccc(C2(N=C=O)CC2)c1OC(F)F. The topological polar surface area (TPSA) is 38.7 Å². The van der Waals surface area contributed by atoms with Crippen molar-refractivity contribution in [3.05, 3.63) is 29.3 Å². The fourth-order valence-electron chi connectivity index (χ4n) is 1.91. The van der Waals surface area contributed by atoms with Crippen LogP contribution in [0.3, 0.4) is 0 Å². The van der Waals surface area contributed by atoms with E-state index in [0.717, 1.165) is 0 Å². The van der Waals surface area contributed by atoms with Gasteiger partial charge in [0.1, 0.15) is 11.3 Å². The lowest BCUT2D eigenvalue weighted by Gasteiger charge is -2.16. The summed E-state index contributed by atoms with van der Waals surface area (Å²) in [4.78, 5) is 14.1. The molecule has 1 aromatic rings. The molecule has 5 heteroatoms. The predicted octanol–water partition coefficient (Wildman–Crippen LogP) is 2.92. The van der Waals surface area contributed by atoms with Crippen LogP contribution < -0.4 is 4.74 Å². The van der Waals surface area contributed by atoms with E-state index in [-0.39, 0.29) is 5.75 Å². The molecule has 0 aliphatic heterocycles. The number of para-hydroxylation sites is 1. The largest absolute Gasteiger partial charge is 0.434 e. The number of nitrogens with zero attached hydrogens (tertiary/aromatic N) is 1. The van der Waals surface area contributed by atoms with Crippen molar-refractivity contribution in [3.8, 4) is 5.75 Å². The van der Waals surface area contributed by atoms with Gasteiger partial charge in [-0.3, -0.25) is 0 Å². The van der Waals surface area contributed by atoms with Crippen molar-refractivity contribution in [1.82, 2.24) is 0 Å². The second kappa shape index (κ2) is 4.26. The molecule has 0 aromatic heterocycles. The fraction of sp³-hybridized carbons (Fsp3) is 0.417. The van der Waals surface area contributed by atoms with Gasteiger partial charge in [0.15, 0.2) is 0 Å². The highest BCUT2D eigenvalue weighted by molar-refractivity contribution is 5.50. The number of ether oxygens (including phenoxy) is 1. The predicted molar refractivity (Wildman–Crippen MR) is 56.8 cm³/mol. The summed E-state index contributed by atoms with van der Waals surface area (Å²) in [6.45, 7) is -1.20. The maximum absolute atomic E-state index is 12.3. The van der Waals surface area contributed by atoms with E-state index in [9.17, 15) is 13.6 Å². The molecule has 0 N–H and O–H groups in total. The summed E-state index contributed by atoms with van der Waals surface area (Å²) < 4.78 is 29.2. The lowest BCUT2D eigenvalue weighted by molar-refractivity contribution is -0.0511. The Bertz CT molecular complexity index is 477. The summed E-state index contributed by atoms with van der Waals surface area (Å²) in [5, 5.41) is 0. The number of aliphatic imine (C=N–C) groups is 1. The second-order valence-corrected chi connectivity index (χ2v) is 4.06. The van der Waals surface area contributed by atoms with Gasteiger partial charge in [-0.15, -0.1) is 0 Å². The molecule has 0 spiro atoms. The van der Waals surface area contributed by atoms with Crippen LogP contribution in [0, 0.1) is 6.92 Å². The average molecular weight is 239 g/mol. The summed E-state index contributed by atoms with van der Waals surface area (Å²) in [6, 6.07) is 5.09. The molecule has 2 rings (SSSR count). The molecular weight excluding hydrogens is 228 g/mol. The third-order valence-electron chi connectivity index (χ3n) is 2.90. The third-order valence-corrected chi connectivity index (χ3v) is 2.90. The lowest BCUT2D eigenvalue weighted by atomic mass is 10.0. The summed E-state index contributed by atoms with van der Waals surface area (Å²) >= 11 is 0. The number of rotatable bonds is 4. The number of isocyanates is 1. The average Bonchev–Trinajstić information content (AvgIpc) is 3.02. The summed E-state index contributed by atoms with van der Waals surface area (Å²) in [6.07, 6.45) is 2.82. The first-order chi connectivity index (χ1) is 8.09. The van der Waals surface area contributed by atoms with Crippen LogP contribution in [-0.4, -0.2) is 12.7 Å². The molecular formula is C12H11F2NO2. The van der Waals surface area contributed by atoms with Gasteiger partial charge in [0.2, 0.25) is 6.08 Å². The Hall–Kier alpha value is -1.74. The highest BCUT2D eigenvalue weighted by atomic mass is 19.3. The zero-order chi connectivity index (χ0) is 12.5. The molecule has 1 saturated carbocycles. The molecule has 3 nitrogen and oxygen atoms in total. The van der Waals surface area contributed by atoms with Gasteiger partial charge in [0, 0.05) is 5.56 Å². The van der Waals surface area contributed by atoms with Crippen molar-refractivity contribution in [2.45, 2.75) is 31.9 Å². The Balaban J connectivity index is 2.46. The minimum Gasteiger partial charge on any atom is -0.434 e. The number of aryl methyl sites for hydroxylation is 1. The van der Waals surface area contributed by atoms with Gasteiger partial charge in [-0.2, -0.15) is 13.8 Å². The molecule has 0 radical (unpaired) electrons. The maximum Gasteiger partial charge on any atom is 0.387 e. The highest BCUT2D eigenvalue weighted by Gasteiger charge is 2.47. The van der Waals surface area contributed by atoms with Crippen LogP contribution >= 0.6 is 0 Å². The van der Waals surface area contributed by atoms with Crippen LogP contribution in [0.5, 0.6) is 5.75 Å². The minimum absolute atomic E-state index is 0.124. The van der Waals surface area contributed by atoms with Crippen LogP contribution in [0.4, 0.5) is 8.78 Å². The minimum atomic E-state index is -2.88. The molecule has 0 atom stereocenters. The monoisotopic (exact) mass is 239 g/mol. The molecule has 0 bridgehead atoms. The van der Waals surface area contributed by atoms with Crippen molar-refractivity contribution >= 4 is 6.08 Å². The molecule has 1 aliphatic rings. The standard InChI is InChI=1S/C12H11F2NO2/c1-8-3-2-4-9(10(8)17-11(13)14)12(5-6-12)15-7-16/h2-4,11H,5-6H2,1H3. The van der Waals surface area contributed by atoms with E-state index in [1.807, 2.05) is 0 Å². The Morgan fingerprint density at radius 1 is 1.47 bits per heavy atom. The molecule has 0 heterocycles. The van der Waals surface area contributed by atoms with E-state index in [1.165, 1.54) is 6.08 Å². The van der Waals surface area contributed by atoms with Crippen LogP contribution in [0.2, 0.25) is 0 Å².